The summed E-state index contributed by atoms with van der Waals surface area (Å²) in [5.74, 6) is 0. The second-order valence-electron chi connectivity index (χ2n) is 5.21. The number of aliphatic hydroxyl groups is 1. The zero-order valence-electron chi connectivity index (χ0n) is 9.14. The summed E-state index contributed by atoms with van der Waals surface area (Å²) in [5, 5.41) is 10.2. The van der Waals surface area contributed by atoms with Gasteiger partial charge in [-0.1, -0.05) is 27.2 Å². The van der Waals surface area contributed by atoms with E-state index in [0.29, 0.717) is 6.54 Å². The summed E-state index contributed by atoms with van der Waals surface area (Å²) in [6, 6.07) is 0. The molecule has 0 radical (unpaired) electrons. The monoisotopic (exact) mass is 185 g/mol. The van der Waals surface area contributed by atoms with Crippen LogP contribution in [-0.2, 0) is 0 Å². The first-order chi connectivity index (χ1) is 5.98. The molecule has 2 nitrogen and oxygen atoms in total. The van der Waals surface area contributed by atoms with Gasteiger partial charge < -0.3 is 10.8 Å². The van der Waals surface area contributed by atoms with Crippen molar-refractivity contribution in [3.05, 3.63) is 0 Å². The predicted octanol–water partition coefficient (Wildman–Crippen LogP) is 1.91. The molecule has 0 bridgehead atoms. The van der Waals surface area contributed by atoms with Crippen LogP contribution in [0, 0.1) is 10.8 Å². The van der Waals surface area contributed by atoms with E-state index in [2.05, 4.69) is 20.8 Å². The van der Waals surface area contributed by atoms with E-state index in [0.717, 1.165) is 12.8 Å². The standard InChI is InChI=1S/C11H23NO/c1-4-5-11(6-7-11)9(13)10(2,3)8-12/h9,13H,4-8,12H2,1-3H3. The van der Waals surface area contributed by atoms with Crippen molar-refractivity contribution in [1.82, 2.24) is 0 Å². The van der Waals surface area contributed by atoms with Gasteiger partial charge in [-0.2, -0.15) is 0 Å². The molecule has 0 aromatic carbocycles. The summed E-state index contributed by atoms with van der Waals surface area (Å²) in [6.45, 7) is 6.88. The van der Waals surface area contributed by atoms with Crippen LogP contribution in [0.4, 0.5) is 0 Å². The lowest BCUT2D eigenvalue weighted by molar-refractivity contribution is -0.00972. The highest BCUT2D eigenvalue weighted by Crippen LogP contribution is 2.56. The van der Waals surface area contributed by atoms with E-state index in [1.807, 2.05) is 0 Å². The van der Waals surface area contributed by atoms with Crippen molar-refractivity contribution in [2.24, 2.45) is 16.6 Å². The van der Waals surface area contributed by atoms with Gasteiger partial charge in [0, 0.05) is 5.41 Å². The first-order valence-electron chi connectivity index (χ1n) is 5.37. The average Bonchev–Trinajstić information content (AvgIpc) is 2.85. The molecule has 1 saturated carbocycles. The van der Waals surface area contributed by atoms with Gasteiger partial charge in [0.05, 0.1) is 6.10 Å². The smallest absolute Gasteiger partial charge is 0.0659 e. The molecule has 1 atom stereocenters. The first-order valence-corrected chi connectivity index (χ1v) is 5.37. The average molecular weight is 185 g/mol. The number of hydrogen-bond donors (Lipinski definition) is 2. The van der Waals surface area contributed by atoms with Gasteiger partial charge in [0.15, 0.2) is 0 Å². The Morgan fingerprint density at radius 2 is 2.00 bits per heavy atom. The number of rotatable bonds is 5. The first kappa shape index (κ1) is 11.0. The second kappa shape index (κ2) is 3.58. The zero-order chi connectivity index (χ0) is 10.1. The topological polar surface area (TPSA) is 46.2 Å². The summed E-state index contributed by atoms with van der Waals surface area (Å²) in [5.41, 5.74) is 5.77. The maximum absolute atomic E-state index is 10.2. The Kier molecular flexibility index (Phi) is 3.03. The lowest BCUT2D eigenvalue weighted by atomic mass is 9.76. The van der Waals surface area contributed by atoms with Crippen molar-refractivity contribution in [2.45, 2.75) is 52.6 Å². The molecule has 0 spiro atoms. The Morgan fingerprint density at radius 1 is 1.46 bits per heavy atom. The molecule has 0 aliphatic heterocycles. The molecule has 1 rings (SSSR count). The number of aliphatic hydroxyl groups excluding tert-OH is 1. The number of nitrogens with two attached hydrogens (primary N) is 1. The molecule has 13 heavy (non-hydrogen) atoms. The van der Waals surface area contributed by atoms with E-state index in [1.165, 1.54) is 12.8 Å². The molecule has 1 aliphatic carbocycles. The summed E-state index contributed by atoms with van der Waals surface area (Å²) in [6.07, 6.45) is 4.47. The maximum atomic E-state index is 10.2. The van der Waals surface area contributed by atoms with Gasteiger partial charge in [-0.15, -0.1) is 0 Å². The molecule has 2 heteroatoms. The summed E-state index contributed by atoms with van der Waals surface area (Å²) in [4.78, 5) is 0. The van der Waals surface area contributed by atoms with E-state index in [4.69, 9.17) is 5.73 Å². The van der Waals surface area contributed by atoms with E-state index >= 15 is 0 Å². The molecule has 1 fully saturated rings. The summed E-state index contributed by atoms with van der Waals surface area (Å²) >= 11 is 0. The fourth-order valence-electron chi connectivity index (χ4n) is 2.26. The van der Waals surface area contributed by atoms with Gasteiger partial charge in [0.25, 0.3) is 0 Å². The quantitative estimate of drug-likeness (QED) is 0.687. The third-order valence-corrected chi connectivity index (χ3v) is 3.49. The molecule has 3 N–H and O–H groups in total. The maximum Gasteiger partial charge on any atom is 0.0659 e. The Labute approximate surface area is 81.5 Å². The highest BCUT2D eigenvalue weighted by molar-refractivity contribution is 5.03. The molecule has 0 heterocycles. The molecule has 0 aromatic rings. The van der Waals surface area contributed by atoms with E-state index < -0.39 is 0 Å². The normalized spacial score (nSPS) is 22.8. The Bertz CT molecular complexity index is 173. The van der Waals surface area contributed by atoms with Gasteiger partial charge in [0.2, 0.25) is 0 Å². The molecule has 1 aliphatic rings. The summed E-state index contributed by atoms with van der Waals surface area (Å²) in [7, 11) is 0. The van der Waals surface area contributed by atoms with E-state index in [1.54, 1.807) is 0 Å². The van der Waals surface area contributed by atoms with Crippen LogP contribution in [0.2, 0.25) is 0 Å². The van der Waals surface area contributed by atoms with Crippen LogP contribution < -0.4 is 5.73 Å². The van der Waals surface area contributed by atoms with Gasteiger partial charge in [-0.25, -0.2) is 0 Å². The van der Waals surface area contributed by atoms with Crippen molar-refractivity contribution < 1.29 is 5.11 Å². The molecular formula is C11H23NO. The Hall–Kier alpha value is -0.0800. The molecule has 0 aromatic heterocycles. The molecule has 0 amide bonds. The minimum atomic E-state index is -0.218. The van der Waals surface area contributed by atoms with Crippen LogP contribution in [-0.4, -0.2) is 17.8 Å². The van der Waals surface area contributed by atoms with Gasteiger partial charge in [0.1, 0.15) is 0 Å². The highest BCUT2D eigenvalue weighted by atomic mass is 16.3. The largest absolute Gasteiger partial charge is 0.392 e. The molecule has 0 saturated heterocycles. The van der Waals surface area contributed by atoms with Crippen molar-refractivity contribution in [2.75, 3.05) is 6.54 Å². The third-order valence-electron chi connectivity index (χ3n) is 3.49. The Balaban J connectivity index is 2.61. The lowest BCUT2D eigenvalue weighted by Crippen LogP contribution is -2.42. The fourth-order valence-corrected chi connectivity index (χ4v) is 2.26. The fraction of sp³-hybridized carbons (Fsp3) is 1.00. The highest BCUT2D eigenvalue weighted by Gasteiger charge is 2.52. The van der Waals surface area contributed by atoms with Gasteiger partial charge >= 0.3 is 0 Å². The summed E-state index contributed by atoms with van der Waals surface area (Å²) < 4.78 is 0. The van der Waals surface area contributed by atoms with E-state index in [9.17, 15) is 5.11 Å². The van der Waals surface area contributed by atoms with Crippen molar-refractivity contribution >= 4 is 0 Å². The second-order valence-corrected chi connectivity index (χ2v) is 5.21. The van der Waals surface area contributed by atoms with Gasteiger partial charge in [-0.05, 0) is 31.2 Å². The van der Waals surface area contributed by atoms with Crippen molar-refractivity contribution in [3.8, 4) is 0 Å². The van der Waals surface area contributed by atoms with Crippen LogP contribution in [0.5, 0.6) is 0 Å². The molecular weight excluding hydrogens is 162 g/mol. The van der Waals surface area contributed by atoms with E-state index in [-0.39, 0.29) is 16.9 Å². The predicted molar refractivity (Wildman–Crippen MR) is 55.4 cm³/mol. The van der Waals surface area contributed by atoms with Crippen LogP contribution in [0.1, 0.15) is 46.5 Å². The number of hydrogen-bond acceptors (Lipinski definition) is 2. The lowest BCUT2D eigenvalue weighted by Gasteiger charge is -2.35. The Morgan fingerprint density at radius 3 is 2.31 bits per heavy atom. The van der Waals surface area contributed by atoms with Crippen LogP contribution in [0.15, 0.2) is 0 Å². The third kappa shape index (κ3) is 2.05. The van der Waals surface area contributed by atoms with Crippen molar-refractivity contribution in [1.29, 1.82) is 0 Å². The minimum absolute atomic E-state index is 0.119. The van der Waals surface area contributed by atoms with Crippen LogP contribution in [0.25, 0.3) is 0 Å². The SMILES string of the molecule is CCCC1(C(O)C(C)(C)CN)CC1. The van der Waals surface area contributed by atoms with Crippen LogP contribution >= 0.6 is 0 Å². The van der Waals surface area contributed by atoms with Crippen LogP contribution in [0.3, 0.4) is 0 Å². The van der Waals surface area contributed by atoms with Crippen molar-refractivity contribution in [3.63, 3.8) is 0 Å². The molecule has 78 valence electrons. The minimum Gasteiger partial charge on any atom is -0.392 e. The van der Waals surface area contributed by atoms with Gasteiger partial charge in [-0.3, -0.25) is 0 Å². The zero-order valence-corrected chi connectivity index (χ0v) is 9.14. The molecule has 1 unspecified atom stereocenters.